The number of carbonyl (C=O) groups is 1. The van der Waals surface area contributed by atoms with Crippen molar-refractivity contribution in [3.63, 3.8) is 0 Å². The van der Waals surface area contributed by atoms with Gasteiger partial charge >= 0.3 is 6.18 Å². The van der Waals surface area contributed by atoms with E-state index >= 15 is 0 Å². The van der Waals surface area contributed by atoms with Crippen LogP contribution in [0.2, 0.25) is 5.02 Å². The zero-order chi connectivity index (χ0) is 21.5. The molecule has 9 heteroatoms. The molecule has 0 unspecified atom stereocenters. The van der Waals surface area contributed by atoms with Crippen LogP contribution in [0.4, 0.5) is 13.2 Å². The number of aromatic nitrogens is 3. The monoisotopic (exact) mass is 436 g/mol. The van der Waals surface area contributed by atoms with E-state index in [1.54, 1.807) is 37.4 Å². The Balaban J connectivity index is 1.83. The summed E-state index contributed by atoms with van der Waals surface area (Å²) in [6, 6.07) is 9.45. The molecule has 5 nitrogen and oxygen atoms in total. The minimum Gasteiger partial charge on any atom is -0.337 e. The highest BCUT2D eigenvalue weighted by atomic mass is 35.5. The fraction of sp³-hybridized carbons (Fsp3) is 0.381. The van der Waals surface area contributed by atoms with E-state index in [0.29, 0.717) is 10.1 Å². The average molecular weight is 437 g/mol. The molecule has 0 N–H and O–H groups in total. The van der Waals surface area contributed by atoms with Crippen LogP contribution in [0.1, 0.15) is 48.3 Å². The second-order valence-corrected chi connectivity index (χ2v) is 7.87. The maximum Gasteiger partial charge on any atom is 0.433 e. The maximum absolute atomic E-state index is 13.8. The Bertz CT molecular complexity index is 1080. The normalized spacial score (nSPS) is 15.5. The van der Waals surface area contributed by atoms with Gasteiger partial charge in [0.1, 0.15) is 5.02 Å². The van der Waals surface area contributed by atoms with Crippen molar-refractivity contribution >= 4 is 23.2 Å². The highest BCUT2D eigenvalue weighted by molar-refractivity contribution is 6.36. The molecule has 158 valence electrons. The largest absolute Gasteiger partial charge is 0.433 e. The number of hydrogen-bond acceptors (Lipinski definition) is 3. The van der Waals surface area contributed by atoms with Crippen molar-refractivity contribution in [2.45, 2.75) is 44.3 Å². The highest BCUT2D eigenvalue weighted by Gasteiger charge is 2.37. The molecule has 30 heavy (non-hydrogen) atoms. The van der Waals surface area contributed by atoms with E-state index in [-0.39, 0.29) is 28.1 Å². The van der Waals surface area contributed by atoms with Gasteiger partial charge in [-0.3, -0.25) is 4.79 Å². The molecular formula is C21H20ClF3N4O. The first-order chi connectivity index (χ1) is 14.3. The van der Waals surface area contributed by atoms with Crippen LogP contribution in [0.3, 0.4) is 0 Å². The molecule has 1 saturated carbocycles. The SMILES string of the molecule is CN(C(=O)c1nn2c(C(F)(F)F)cc(-c3ccccc3)nc2c1Cl)C1CCCCC1. The number of benzene rings is 1. The molecule has 0 radical (unpaired) electrons. The van der Waals surface area contributed by atoms with E-state index in [9.17, 15) is 18.0 Å². The molecular weight excluding hydrogens is 417 g/mol. The van der Waals surface area contributed by atoms with Crippen molar-refractivity contribution in [2.24, 2.45) is 0 Å². The molecule has 0 saturated heterocycles. The Hall–Kier alpha value is -2.61. The highest BCUT2D eigenvalue weighted by Crippen LogP contribution is 2.35. The Morgan fingerprint density at radius 3 is 2.47 bits per heavy atom. The Kier molecular flexibility index (Phi) is 5.44. The van der Waals surface area contributed by atoms with Crippen molar-refractivity contribution in [1.82, 2.24) is 19.5 Å². The topological polar surface area (TPSA) is 50.5 Å². The van der Waals surface area contributed by atoms with E-state index in [1.807, 2.05) is 0 Å². The third-order valence-electron chi connectivity index (χ3n) is 5.54. The Labute approximate surface area is 176 Å². The number of fused-ring (bicyclic) bond motifs is 1. The smallest absolute Gasteiger partial charge is 0.337 e. The molecule has 2 heterocycles. The summed E-state index contributed by atoms with van der Waals surface area (Å²) in [4.78, 5) is 18.8. The van der Waals surface area contributed by atoms with Crippen molar-refractivity contribution in [1.29, 1.82) is 0 Å². The second kappa shape index (κ2) is 7.91. The van der Waals surface area contributed by atoms with Gasteiger partial charge < -0.3 is 4.90 Å². The van der Waals surface area contributed by atoms with Crippen molar-refractivity contribution in [3.05, 3.63) is 52.8 Å². The number of nitrogens with zero attached hydrogens (tertiary/aromatic N) is 4. The molecule has 0 aliphatic heterocycles. The van der Waals surface area contributed by atoms with Crippen molar-refractivity contribution in [2.75, 3.05) is 7.05 Å². The second-order valence-electron chi connectivity index (χ2n) is 7.50. The van der Waals surface area contributed by atoms with Crippen LogP contribution in [0.25, 0.3) is 16.9 Å². The lowest BCUT2D eigenvalue weighted by atomic mass is 9.94. The summed E-state index contributed by atoms with van der Waals surface area (Å²) < 4.78 is 42.0. The molecule has 0 bridgehead atoms. The predicted octanol–water partition coefficient (Wildman–Crippen LogP) is 5.47. The maximum atomic E-state index is 13.8. The van der Waals surface area contributed by atoms with E-state index in [4.69, 9.17) is 11.6 Å². The number of alkyl halides is 3. The van der Waals surface area contributed by atoms with Crippen LogP contribution in [-0.4, -0.2) is 38.5 Å². The van der Waals surface area contributed by atoms with Gasteiger partial charge in [-0.25, -0.2) is 9.50 Å². The molecule has 4 rings (SSSR count). The van der Waals surface area contributed by atoms with Crippen molar-refractivity contribution < 1.29 is 18.0 Å². The van der Waals surface area contributed by atoms with Crippen LogP contribution < -0.4 is 0 Å². The van der Waals surface area contributed by atoms with E-state index in [1.165, 1.54) is 4.90 Å². The van der Waals surface area contributed by atoms with Crippen molar-refractivity contribution in [3.8, 4) is 11.3 Å². The van der Waals surface area contributed by atoms with Gasteiger partial charge in [0.05, 0.1) is 5.69 Å². The first kappa shape index (κ1) is 20.7. The van der Waals surface area contributed by atoms with Gasteiger partial charge in [-0.15, -0.1) is 0 Å². The molecule has 1 amide bonds. The summed E-state index contributed by atoms with van der Waals surface area (Å²) >= 11 is 6.36. The summed E-state index contributed by atoms with van der Waals surface area (Å²) in [6.45, 7) is 0. The van der Waals surface area contributed by atoms with Crippen LogP contribution in [-0.2, 0) is 6.18 Å². The van der Waals surface area contributed by atoms with Gasteiger partial charge in [0, 0.05) is 18.7 Å². The molecule has 1 aliphatic rings. The minimum atomic E-state index is -4.70. The Morgan fingerprint density at radius 1 is 1.17 bits per heavy atom. The van der Waals surface area contributed by atoms with Crippen LogP contribution in [0.15, 0.2) is 36.4 Å². The summed E-state index contributed by atoms with van der Waals surface area (Å²) in [5.41, 5.74) is -0.821. The molecule has 2 aromatic heterocycles. The first-order valence-corrected chi connectivity index (χ1v) is 10.1. The van der Waals surface area contributed by atoms with Gasteiger partial charge in [0.2, 0.25) is 0 Å². The van der Waals surface area contributed by atoms with E-state index in [2.05, 4.69) is 10.1 Å². The quantitative estimate of drug-likeness (QED) is 0.546. The lowest BCUT2D eigenvalue weighted by Crippen LogP contribution is -2.38. The minimum absolute atomic E-state index is 0.0297. The predicted molar refractivity (Wildman–Crippen MR) is 107 cm³/mol. The third-order valence-corrected chi connectivity index (χ3v) is 5.89. The summed E-state index contributed by atoms with van der Waals surface area (Å²) in [5.74, 6) is -0.494. The molecule has 0 atom stereocenters. The van der Waals surface area contributed by atoms with Gasteiger partial charge in [-0.1, -0.05) is 61.2 Å². The third kappa shape index (κ3) is 3.76. The lowest BCUT2D eigenvalue weighted by Gasteiger charge is -2.30. The van der Waals surface area contributed by atoms with E-state index in [0.717, 1.165) is 38.2 Å². The molecule has 1 fully saturated rings. The number of halogens is 4. The average Bonchev–Trinajstić information content (AvgIpc) is 3.09. The number of amides is 1. The molecule has 0 spiro atoms. The zero-order valence-corrected chi connectivity index (χ0v) is 17.0. The number of rotatable bonds is 3. The first-order valence-electron chi connectivity index (χ1n) is 9.76. The van der Waals surface area contributed by atoms with Crippen LogP contribution in [0.5, 0.6) is 0 Å². The number of hydrogen-bond donors (Lipinski definition) is 0. The summed E-state index contributed by atoms with van der Waals surface area (Å²) in [6.07, 6.45) is 0.169. The standard InChI is InChI=1S/C21H20ClF3N4O/c1-28(14-10-6-3-7-11-14)20(30)18-17(22)19-26-15(13-8-4-2-5-9-13)12-16(21(23,24)25)29(19)27-18/h2,4-5,8-9,12,14H,3,6-7,10-11H2,1H3. The van der Waals surface area contributed by atoms with Crippen LogP contribution >= 0.6 is 11.6 Å². The molecule has 1 aromatic carbocycles. The van der Waals surface area contributed by atoms with Gasteiger partial charge in [-0.2, -0.15) is 18.3 Å². The summed E-state index contributed by atoms with van der Waals surface area (Å²) in [7, 11) is 1.64. The fourth-order valence-corrected chi connectivity index (χ4v) is 4.13. The van der Waals surface area contributed by atoms with Crippen LogP contribution in [0, 0.1) is 0 Å². The van der Waals surface area contributed by atoms with Gasteiger partial charge in [0.25, 0.3) is 5.91 Å². The lowest BCUT2D eigenvalue weighted by molar-refractivity contribution is -0.142. The zero-order valence-electron chi connectivity index (χ0n) is 16.3. The van der Waals surface area contributed by atoms with Gasteiger partial charge in [-0.05, 0) is 18.9 Å². The Morgan fingerprint density at radius 2 is 1.83 bits per heavy atom. The van der Waals surface area contributed by atoms with E-state index < -0.39 is 17.8 Å². The summed E-state index contributed by atoms with van der Waals surface area (Å²) in [5, 5.41) is 3.77. The molecule has 3 aromatic rings. The van der Waals surface area contributed by atoms with Gasteiger partial charge in [0.15, 0.2) is 17.0 Å². The fourth-order valence-electron chi connectivity index (χ4n) is 3.89. The molecule has 1 aliphatic carbocycles. The number of carbonyl (C=O) groups excluding carboxylic acids is 1.